The molecule has 0 amide bonds. The standard InChI is InChI=1S/C17H22N2O2.ClH/c1-15(20)16-6-8-17(9-7-16)21-13-5-3-2-4-11-19-12-10-18-14-19;/h6-10,12,14H,2-5,11,13H2,1H3;1H. The lowest BCUT2D eigenvalue weighted by molar-refractivity contribution is 0.101. The molecule has 0 unspecified atom stereocenters. The van der Waals surface area contributed by atoms with Gasteiger partial charge in [-0.3, -0.25) is 4.79 Å². The molecule has 0 aliphatic rings. The van der Waals surface area contributed by atoms with E-state index in [1.54, 1.807) is 6.92 Å². The van der Waals surface area contributed by atoms with Crippen LogP contribution in [0.3, 0.4) is 0 Å². The third kappa shape index (κ3) is 6.31. The van der Waals surface area contributed by atoms with Crippen molar-refractivity contribution >= 4 is 18.2 Å². The lowest BCUT2D eigenvalue weighted by Gasteiger charge is -2.07. The summed E-state index contributed by atoms with van der Waals surface area (Å²) in [6.45, 7) is 3.33. The lowest BCUT2D eigenvalue weighted by atomic mass is 10.1. The van der Waals surface area contributed by atoms with Crippen molar-refractivity contribution in [1.29, 1.82) is 0 Å². The first-order valence-corrected chi connectivity index (χ1v) is 7.45. The molecular formula is C17H23ClN2O2. The smallest absolute Gasteiger partial charge is 0.159 e. The molecule has 0 saturated carbocycles. The Hall–Kier alpha value is -1.81. The van der Waals surface area contributed by atoms with Crippen molar-refractivity contribution in [3.63, 3.8) is 0 Å². The zero-order valence-electron chi connectivity index (χ0n) is 12.9. The number of imidazole rings is 1. The van der Waals surface area contributed by atoms with Gasteiger partial charge in [-0.1, -0.05) is 12.8 Å². The Morgan fingerprint density at radius 1 is 1.14 bits per heavy atom. The van der Waals surface area contributed by atoms with Crippen molar-refractivity contribution in [3.05, 3.63) is 48.5 Å². The maximum atomic E-state index is 11.2. The monoisotopic (exact) mass is 322 g/mol. The highest BCUT2D eigenvalue weighted by Gasteiger charge is 1.99. The molecule has 0 radical (unpaired) electrons. The number of aryl methyl sites for hydroxylation is 1. The van der Waals surface area contributed by atoms with Gasteiger partial charge in [-0.15, -0.1) is 12.4 Å². The molecule has 0 fully saturated rings. The van der Waals surface area contributed by atoms with Gasteiger partial charge in [-0.25, -0.2) is 4.98 Å². The van der Waals surface area contributed by atoms with Gasteiger partial charge in [0, 0.05) is 24.5 Å². The number of benzene rings is 1. The van der Waals surface area contributed by atoms with Crippen molar-refractivity contribution in [2.45, 2.75) is 39.2 Å². The molecule has 4 nitrogen and oxygen atoms in total. The van der Waals surface area contributed by atoms with Crippen LogP contribution in [-0.2, 0) is 6.54 Å². The van der Waals surface area contributed by atoms with Gasteiger partial charge in [-0.05, 0) is 44.0 Å². The van der Waals surface area contributed by atoms with E-state index < -0.39 is 0 Å². The van der Waals surface area contributed by atoms with Crippen molar-refractivity contribution in [2.24, 2.45) is 0 Å². The fourth-order valence-corrected chi connectivity index (χ4v) is 2.14. The molecular weight excluding hydrogens is 300 g/mol. The minimum atomic E-state index is 0. The summed E-state index contributed by atoms with van der Waals surface area (Å²) in [5.41, 5.74) is 0.724. The number of aromatic nitrogens is 2. The number of halogens is 1. The summed E-state index contributed by atoms with van der Waals surface area (Å²) in [6, 6.07) is 7.33. The average Bonchev–Trinajstić information content (AvgIpc) is 3.00. The van der Waals surface area contributed by atoms with E-state index >= 15 is 0 Å². The van der Waals surface area contributed by atoms with Gasteiger partial charge >= 0.3 is 0 Å². The van der Waals surface area contributed by atoms with E-state index in [-0.39, 0.29) is 18.2 Å². The van der Waals surface area contributed by atoms with E-state index in [0.717, 1.165) is 30.9 Å². The molecule has 120 valence electrons. The number of rotatable bonds is 9. The van der Waals surface area contributed by atoms with Crippen molar-refractivity contribution in [1.82, 2.24) is 9.55 Å². The molecule has 2 rings (SSSR count). The Kier molecular flexibility index (Phi) is 8.30. The van der Waals surface area contributed by atoms with Crippen molar-refractivity contribution in [2.75, 3.05) is 6.61 Å². The molecule has 0 bridgehead atoms. The van der Waals surface area contributed by atoms with Crippen LogP contribution in [0.5, 0.6) is 5.75 Å². The molecule has 2 aromatic rings. The quantitative estimate of drug-likeness (QED) is 0.514. The number of ether oxygens (including phenoxy) is 1. The summed E-state index contributed by atoms with van der Waals surface area (Å²) in [7, 11) is 0. The van der Waals surface area contributed by atoms with Crippen LogP contribution in [0.1, 0.15) is 43.0 Å². The highest BCUT2D eigenvalue weighted by atomic mass is 35.5. The minimum Gasteiger partial charge on any atom is -0.494 e. The van der Waals surface area contributed by atoms with E-state index in [0.29, 0.717) is 0 Å². The van der Waals surface area contributed by atoms with E-state index in [1.165, 1.54) is 19.3 Å². The molecule has 0 aliphatic carbocycles. The molecule has 1 heterocycles. The summed E-state index contributed by atoms with van der Waals surface area (Å²) < 4.78 is 7.77. The Morgan fingerprint density at radius 2 is 1.86 bits per heavy atom. The molecule has 22 heavy (non-hydrogen) atoms. The average molecular weight is 323 g/mol. The second-order valence-corrected chi connectivity index (χ2v) is 5.14. The van der Waals surface area contributed by atoms with Gasteiger partial charge in [0.15, 0.2) is 5.78 Å². The van der Waals surface area contributed by atoms with E-state index in [2.05, 4.69) is 9.55 Å². The molecule has 0 saturated heterocycles. The van der Waals surface area contributed by atoms with Crippen LogP contribution < -0.4 is 4.74 Å². The molecule has 0 N–H and O–H groups in total. The fraction of sp³-hybridized carbons (Fsp3) is 0.412. The topological polar surface area (TPSA) is 44.1 Å². The molecule has 0 spiro atoms. The first-order chi connectivity index (χ1) is 10.3. The maximum absolute atomic E-state index is 11.2. The molecule has 5 heteroatoms. The zero-order valence-corrected chi connectivity index (χ0v) is 13.7. The normalized spacial score (nSPS) is 10.0. The van der Waals surface area contributed by atoms with E-state index in [1.807, 2.05) is 43.0 Å². The number of hydrogen-bond acceptors (Lipinski definition) is 3. The first kappa shape index (κ1) is 18.2. The fourth-order valence-electron chi connectivity index (χ4n) is 2.14. The van der Waals surface area contributed by atoms with Gasteiger partial charge in [0.2, 0.25) is 0 Å². The summed E-state index contributed by atoms with van der Waals surface area (Å²) in [4.78, 5) is 15.2. The summed E-state index contributed by atoms with van der Waals surface area (Å²) in [5.74, 6) is 0.915. The molecule has 1 aromatic heterocycles. The second kappa shape index (κ2) is 10.0. The first-order valence-electron chi connectivity index (χ1n) is 7.45. The predicted octanol–water partition coefficient (Wildman–Crippen LogP) is 4.15. The van der Waals surface area contributed by atoms with Gasteiger partial charge in [-0.2, -0.15) is 0 Å². The number of ketones is 1. The number of carbonyl (C=O) groups is 1. The van der Waals surface area contributed by atoms with Crippen LogP contribution in [0.15, 0.2) is 43.0 Å². The predicted molar refractivity (Wildman–Crippen MR) is 89.9 cm³/mol. The van der Waals surface area contributed by atoms with E-state index in [4.69, 9.17) is 4.74 Å². The molecule has 0 atom stereocenters. The van der Waals surface area contributed by atoms with Gasteiger partial charge in [0.1, 0.15) is 5.75 Å². The molecule has 1 aromatic carbocycles. The SMILES string of the molecule is CC(=O)c1ccc(OCCCCCCn2ccnc2)cc1.Cl. The zero-order chi connectivity index (χ0) is 14.9. The number of Topliss-reactive ketones (excluding diaryl/α,β-unsaturated/α-hetero) is 1. The number of nitrogens with zero attached hydrogens (tertiary/aromatic N) is 2. The van der Waals surface area contributed by atoms with Crippen molar-refractivity contribution < 1.29 is 9.53 Å². The Morgan fingerprint density at radius 3 is 2.50 bits per heavy atom. The molecule has 0 aliphatic heterocycles. The van der Waals surface area contributed by atoms with Crippen LogP contribution in [0.2, 0.25) is 0 Å². The van der Waals surface area contributed by atoms with Crippen LogP contribution in [0, 0.1) is 0 Å². The van der Waals surface area contributed by atoms with Crippen LogP contribution in [-0.4, -0.2) is 21.9 Å². The number of unbranched alkanes of at least 4 members (excludes halogenated alkanes) is 3. The lowest BCUT2D eigenvalue weighted by Crippen LogP contribution is -1.99. The third-order valence-electron chi connectivity index (χ3n) is 3.40. The van der Waals surface area contributed by atoms with E-state index in [9.17, 15) is 4.79 Å². The Balaban J connectivity index is 0.00000242. The van der Waals surface area contributed by atoms with Crippen LogP contribution in [0.4, 0.5) is 0 Å². The van der Waals surface area contributed by atoms with Gasteiger partial charge in [0.25, 0.3) is 0 Å². The second-order valence-electron chi connectivity index (χ2n) is 5.14. The van der Waals surface area contributed by atoms with Crippen LogP contribution >= 0.6 is 12.4 Å². The Bertz CT molecular complexity index is 538. The number of carbonyl (C=O) groups excluding carboxylic acids is 1. The maximum Gasteiger partial charge on any atom is 0.159 e. The van der Waals surface area contributed by atoms with Crippen molar-refractivity contribution in [3.8, 4) is 5.75 Å². The summed E-state index contributed by atoms with van der Waals surface area (Å²) >= 11 is 0. The summed E-state index contributed by atoms with van der Waals surface area (Å²) in [5, 5.41) is 0. The summed E-state index contributed by atoms with van der Waals surface area (Å²) in [6.07, 6.45) is 10.2. The number of hydrogen-bond donors (Lipinski definition) is 0. The van der Waals surface area contributed by atoms with Crippen LogP contribution in [0.25, 0.3) is 0 Å². The Labute approximate surface area is 137 Å². The minimum absolute atomic E-state index is 0. The van der Waals surface area contributed by atoms with Gasteiger partial charge < -0.3 is 9.30 Å². The van der Waals surface area contributed by atoms with Gasteiger partial charge in [0.05, 0.1) is 12.9 Å². The highest BCUT2D eigenvalue weighted by Crippen LogP contribution is 2.13. The third-order valence-corrected chi connectivity index (χ3v) is 3.40. The largest absolute Gasteiger partial charge is 0.494 e. The highest BCUT2D eigenvalue weighted by molar-refractivity contribution is 5.94.